The van der Waals surface area contributed by atoms with Crippen LogP contribution in [0.4, 0.5) is 29.3 Å². The van der Waals surface area contributed by atoms with E-state index in [0.717, 1.165) is 17.0 Å². The van der Waals surface area contributed by atoms with Gasteiger partial charge < -0.3 is 15.4 Å². The van der Waals surface area contributed by atoms with Crippen molar-refractivity contribution in [3.63, 3.8) is 0 Å². The van der Waals surface area contributed by atoms with Gasteiger partial charge in [0.15, 0.2) is 6.10 Å². The van der Waals surface area contributed by atoms with E-state index in [9.17, 15) is 27.6 Å². The van der Waals surface area contributed by atoms with E-state index in [0.29, 0.717) is 6.54 Å². The lowest BCUT2D eigenvalue weighted by Crippen LogP contribution is -2.41. The van der Waals surface area contributed by atoms with Gasteiger partial charge in [-0.3, -0.25) is 9.69 Å². The largest absolute Gasteiger partial charge is 0.449 e. The fraction of sp³-hybridized carbons (Fsp3) is 0.250. The lowest BCUT2D eigenvalue weighted by Gasteiger charge is -2.19. The Hall–Kier alpha value is -3.56. The number of carbonyl (C=O) groups excluding carboxylic acids is 3. The topological polar surface area (TPSA) is 87.7 Å². The van der Waals surface area contributed by atoms with E-state index in [4.69, 9.17) is 4.74 Å². The molecule has 2 aromatic carbocycles. The molecule has 1 saturated heterocycles. The first-order valence-electron chi connectivity index (χ1n) is 9.00. The number of hydrogen-bond donors (Lipinski definition) is 2. The Kier molecular flexibility index (Phi) is 5.95. The minimum Gasteiger partial charge on any atom is -0.449 e. The number of carbonyl (C=O) groups is 3. The van der Waals surface area contributed by atoms with Crippen LogP contribution < -0.4 is 10.6 Å². The molecule has 10 heteroatoms. The molecule has 158 valence electrons. The monoisotopic (exact) mass is 421 g/mol. The van der Waals surface area contributed by atoms with Crippen molar-refractivity contribution in [1.82, 2.24) is 10.2 Å². The Morgan fingerprint density at radius 3 is 2.57 bits per heavy atom. The smallest absolute Gasteiger partial charge is 0.416 e. The molecular weight excluding hydrogens is 403 g/mol. The van der Waals surface area contributed by atoms with Crippen molar-refractivity contribution in [2.24, 2.45) is 0 Å². The van der Waals surface area contributed by atoms with Gasteiger partial charge in [-0.05, 0) is 37.3 Å². The number of rotatable bonds is 5. The molecule has 7 nitrogen and oxygen atoms in total. The number of esters is 1. The van der Waals surface area contributed by atoms with Crippen LogP contribution in [-0.4, -0.2) is 42.0 Å². The van der Waals surface area contributed by atoms with E-state index in [1.807, 2.05) is 0 Å². The number of nitrogens with zero attached hydrogens (tertiary/aromatic N) is 1. The van der Waals surface area contributed by atoms with Gasteiger partial charge in [-0.1, -0.05) is 18.2 Å². The number of anilines is 2. The average Bonchev–Trinajstić information content (AvgIpc) is 3.13. The summed E-state index contributed by atoms with van der Waals surface area (Å²) in [6.45, 7) is 1.83. The molecule has 0 aliphatic carbocycles. The van der Waals surface area contributed by atoms with Gasteiger partial charge in [-0.2, -0.15) is 13.2 Å². The minimum atomic E-state index is -4.51. The SMILES string of the molecule is C[C@H](OC(=O)c1ccccc1Nc1cccc(C(F)(F)F)c1)C(=O)N1CCNC1=O. The summed E-state index contributed by atoms with van der Waals surface area (Å²) < 4.78 is 44.0. The number of urea groups is 1. The van der Waals surface area contributed by atoms with E-state index in [-0.39, 0.29) is 23.5 Å². The van der Waals surface area contributed by atoms with E-state index in [1.165, 1.54) is 31.2 Å². The van der Waals surface area contributed by atoms with Crippen molar-refractivity contribution in [3.05, 3.63) is 59.7 Å². The van der Waals surface area contributed by atoms with Crippen LogP contribution >= 0.6 is 0 Å². The zero-order valence-corrected chi connectivity index (χ0v) is 15.8. The molecule has 0 saturated carbocycles. The second-order valence-corrected chi connectivity index (χ2v) is 6.52. The first-order valence-corrected chi connectivity index (χ1v) is 9.00. The van der Waals surface area contributed by atoms with Crippen LogP contribution in [0.25, 0.3) is 0 Å². The Balaban J connectivity index is 1.75. The molecule has 1 fully saturated rings. The summed E-state index contributed by atoms with van der Waals surface area (Å²) in [7, 11) is 0. The summed E-state index contributed by atoms with van der Waals surface area (Å²) in [6.07, 6.45) is -5.73. The van der Waals surface area contributed by atoms with Crippen molar-refractivity contribution >= 4 is 29.3 Å². The molecule has 1 heterocycles. The third-order valence-electron chi connectivity index (χ3n) is 4.37. The Bertz CT molecular complexity index is 978. The van der Waals surface area contributed by atoms with Gasteiger partial charge in [0.1, 0.15) is 0 Å². The van der Waals surface area contributed by atoms with Crippen LogP contribution in [0.15, 0.2) is 48.5 Å². The molecule has 2 aromatic rings. The number of nitrogens with one attached hydrogen (secondary N) is 2. The summed E-state index contributed by atoms with van der Waals surface area (Å²) in [5, 5.41) is 5.25. The molecule has 2 N–H and O–H groups in total. The quantitative estimate of drug-likeness (QED) is 0.721. The Labute approximate surface area is 169 Å². The van der Waals surface area contributed by atoms with Gasteiger partial charge in [0.05, 0.1) is 16.8 Å². The highest BCUT2D eigenvalue weighted by Gasteiger charge is 2.32. The number of hydrogen-bond acceptors (Lipinski definition) is 5. The second kappa shape index (κ2) is 8.44. The first-order chi connectivity index (χ1) is 14.2. The molecular formula is C20H18F3N3O4. The molecule has 0 radical (unpaired) electrons. The summed E-state index contributed by atoms with van der Waals surface area (Å²) in [5.74, 6) is -1.52. The lowest BCUT2D eigenvalue weighted by atomic mass is 10.1. The highest BCUT2D eigenvalue weighted by atomic mass is 19.4. The van der Waals surface area contributed by atoms with Crippen molar-refractivity contribution in [1.29, 1.82) is 0 Å². The van der Waals surface area contributed by atoms with Crippen LogP contribution in [0.5, 0.6) is 0 Å². The number of alkyl halides is 3. The normalized spacial score (nSPS) is 14.8. The van der Waals surface area contributed by atoms with Crippen LogP contribution in [0, 0.1) is 0 Å². The summed E-state index contributed by atoms with van der Waals surface area (Å²) in [6, 6.07) is 10.0. The number of imide groups is 1. The summed E-state index contributed by atoms with van der Waals surface area (Å²) in [5.41, 5.74) is -0.473. The predicted molar refractivity (Wildman–Crippen MR) is 101 cm³/mol. The zero-order chi connectivity index (χ0) is 21.9. The number of para-hydroxylation sites is 1. The van der Waals surface area contributed by atoms with Gasteiger partial charge in [0.2, 0.25) is 0 Å². The fourth-order valence-corrected chi connectivity index (χ4v) is 2.87. The fourth-order valence-electron chi connectivity index (χ4n) is 2.87. The molecule has 1 atom stereocenters. The highest BCUT2D eigenvalue weighted by Crippen LogP contribution is 2.32. The minimum absolute atomic E-state index is 0.0282. The molecule has 0 unspecified atom stereocenters. The molecule has 3 amide bonds. The van der Waals surface area contributed by atoms with E-state index >= 15 is 0 Å². The summed E-state index contributed by atoms with van der Waals surface area (Å²) >= 11 is 0. The standard InChI is InChI=1S/C20H18F3N3O4/c1-12(17(27)26-10-9-24-19(26)29)30-18(28)15-7-2-3-8-16(15)25-14-6-4-5-13(11-14)20(21,22)23/h2-8,11-12,25H,9-10H2,1H3,(H,24,29)/t12-/m0/s1. The third-order valence-corrected chi connectivity index (χ3v) is 4.37. The maximum absolute atomic E-state index is 12.9. The van der Waals surface area contributed by atoms with Crippen molar-refractivity contribution < 1.29 is 32.3 Å². The van der Waals surface area contributed by atoms with Crippen LogP contribution in [-0.2, 0) is 15.7 Å². The van der Waals surface area contributed by atoms with Crippen molar-refractivity contribution in [3.8, 4) is 0 Å². The van der Waals surface area contributed by atoms with Gasteiger partial charge in [0, 0.05) is 18.8 Å². The maximum Gasteiger partial charge on any atom is 0.416 e. The van der Waals surface area contributed by atoms with Gasteiger partial charge in [-0.15, -0.1) is 0 Å². The van der Waals surface area contributed by atoms with Crippen LogP contribution in [0.2, 0.25) is 0 Å². The van der Waals surface area contributed by atoms with E-state index < -0.39 is 35.8 Å². The molecule has 1 aliphatic rings. The Morgan fingerprint density at radius 1 is 1.17 bits per heavy atom. The first kappa shape index (κ1) is 21.2. The molecule has 3 rings (SSSR count). The second-order valence-electron chi connectivity index (χ2n) is 6.52. The molecule has 0 spiro atoms. The highest BCUT2D eigenvalue weighted by molar-refractivity contribution is 6.01. The number of amides is 3. The van der Waals surface area contributed by atoms with E-state index in [1.54, 1.807) is 12.1 Å². The van der Waals surface area contributed by atoms with Crippen molar-refractivity contribution in [2.45, 2.75) is 19.2 Å². The zero-order valence-electron chi connectivity index (χ0n) is 15.8. The number of halogens is 3. The Morgan fingerprint density at radius 2 is 1.90 bits per heavy atom. The van der Waals surface area contributed by atoms with Crippen LogP contribution in [0.1, 0.15) is 22.8 Å². The summed E-state index contributed by atoms with van der Waals surface area (Å²) in [4.78, 5) is 37.4. The lowest BCUT2D eigenvalue weighted by molar-refractivity contribution is -0.137. The van der Waals surface area contributed by atoms with Gasteiger partial charge in [0.25, 0.3) is 5.91 Å². The van der Waals surface area contributed by atoms with E-state index in [2.05, 4.69) is 10.6 Å². The number of benzene rings is 2. The van der Waals surface area contributed by atoms with Crippen LogP contribution in [0.3, 0.4) is 0 Å². The number of ether oxygens (including phenoxy) is 1. The average molecular weight is 421 g/mol. The third kappa shape index (κ3) is 4.70. The van der Waals surface area contributed by atoms with Crippen molar-refractivity contribution in [2.75, 3.05) is 18.4 Å². The maximum atomic E-state index is 12.9. The molecule has 0 bridgehead atoms. The molecule has 1 aliphatic heterocycles. The predicted octanol–water partition coefficient (Wildman–Crippen LogP) is 3.55. The molecule has 0 aromatic heterocycles. The van der Waals surface area contributed by atoms with Gasteiger partial charge in [-0.25, -0.2) is 9.59 Å². The molecule has 30 heavy (non-hydrogen) atoms. The van der Waals surface area contributed by atoms with Gasteiger partial charge >= 0.3 is 18.2 Å².